The molecule has 0 radical (unpaired) electrons. The monoisotopic (exact) mass is 381 g/mol. The summed E-state index contributed by atoms with van der Waals surface area (Å²) in [6.07, 6.45) is 20.8. The molecule has 158 valence electrons. The topological polar surface area (TPSA) is 42.1 Å². The SMILES string of the molecule is CCCCCCCCCCCCCCCC=C(C(=O)OCC1CO1)N(C)C. The van der Waals surface area contributed by atoms with E-state index in [1.165, 1.54) is 77.0 Å². The number of ether oxygens (including phenoxy) is 2. The summed E-state index contributed by atoms with van der Waals surface area (Å²) in [6, 6.07) is 0. The van der Waals surface area contributed by atoms with Crippen LogP contribution in [-0.2, 0) is 14.3 Å². The third-order valence-corrected chi connectivity index (χ3v) is 5.14. The molecule has 0 aliphatic carbocycles. The summed E-state index contributed by atoms with van der Waals surface area (Å²) in [5.74, 6) is -0.231. The maximum absolute atomic E-state index is 12.1. The lowest BCUT2D eigenvalue weighted by Crippen LogP contribution is -2.22. The molecule has 0 aromatic rings. The average molecular weight is 382 g/mol. The van der Waals surface area contributed by atoms with Gasteiger partial charge in [-0.2, -0.15) is 0 Å². The summed E-state index contributed by atoms with van der Waals surface area (Å²) in [5.41, 5.74) is 0.662. The van der Waals surface area contributed by atoms with Crippen LogP contribution < -0.4 is 0 Å². The first-order valence-electron chi connectivity index (χ1n) is 11.3. The fourth-order valence-corrected chi connectivity index (χ4v) is 3.26. The van der Waals surface area contributed by atoms with Gasteiger partial charge in [0.25, 0.3) is 0 Å². The van der Waals surface area contributed by atoms with Crippen molar-refractivity contribution >= 4 is 5.97 Å². The van der Waals surface area contributed by atoms with Crippen LogP contribution in [0, 0.1) is 0 Å². The quantitative estimate of drug-likeness (QED) is 0.129. The molecule has 0 amide bonds. The van der Waals surface area contributed by atoms with E-state index in [1.807, 2.05) is 25.1 Å². The van der Waals surface area contributed by atoms with E-state index in [2.05, 4.69) is 6.92 Å². The van der Waals surface area contributed by atoms with Gasteiger partial charge in [0.1, 0.15) is 18.4 Å². The van der Waals surface area contributed by atoms with Crippen LogP contribution in [-0.4, -0.2) is 44.3 Å². The first kappa shape index (κ1) is 24.0. The molecule has 1 aliphatic heterocycles. The highest BCUT2D eigenvalue weighted by atomic mass is 16.6. The lowest BCUT2D eigenvalue weighted by molar-refractivity contribution is -0.141. The predicted octanol–water partition coefficient (Wildman–Crippen LogP) is 5.86. The molecule has 1 aliphatic rings. The van der Waals surface area contributed by atoms with Gasteiger partial charge in [0.15, 0.2) is 0 Å². The minimum atomic E-state index is -0.231. The molecule has 27 heavy (non-hydrogen) atoms. The first-order valence-corrected chi connectivity index (χ1v) is 11.3. The third kappa shape index (κ3) is 13.7. The number of hydrogen-bond donors (Lipinski definition) is 0. The number of nitrogens with zero attached hydrogens (tertiary/aromatic N) is 1. The second-order valence-corrected chi connectivity index (χ2v) is 8.07. The molecule has 4 nitrogen and oxygen atoms in total. The molecular weight excluding hydrogens is 338 g/mol. The Bertz CT molecular complexity index is 402. The van der Waals surface area contributed by atoms with Crippen LogP contribution in [0.1, 0.15) is 96.8 Å². The van der Waals surface area contributed by atoms with E-state index >= 15 is 0 Å². The van der Waals surface area contributed by atoms with E-state index in [1.54, 1.807) is 0 Å². The Labute approximate surface area is 167 Å². The number of rotatable bonds is 18. The molecule has 0 aromatic heterocycles. The molecule has 1 saturated heterocycles. The van der Waals surface area contributed by atoms with Crippen molar-refractivity contribution in [3.05, 3.63) is 11.8 Å². The summed E-state index contributed by atoms with van der Waals surface area (Å²) >= 11 is 0. The number of epoxide rings is 1. The Morgan fingerprint density at radius 2 is 1.41 bits per heavy atom. The summed E-state index contributed by atoms with van der Waals surface area (Å²) < 4.78 is 10.4. The van der Waals surface area contributed by atoms with Crippen LogP contribution in [0.4, 0.5) is 0 Å². The van der Waals surface area contributed by atoms with Crippen molar-refractivity contribution in [2.75, 3.05) is 27.3 Å². The highest BCUT2D eigenvalue weighted by Gasteiger charge is 2.25. The van der Waals surface area contributed by atoms with E-state index < -0.39 is 0 Å². The summed E-state index contributed by atoms with van der Waals surface area (Å²) in [6.45, 7) is 3.37. The summed E-state index contributed by atoms with van der Waals surface area (Å²) in [7, 11) is 3.79. The van der Waals surface area contributed by atoms with Gasteiger partial charge < -0.3 is 14.4 Å². The molecule has 0 bridgehead atoms. The van der Waals surface area contributed by atoms with Gasteiger partial charge in [-0.15, -0.1) is 0 Å². The third-order valence-electron chi connectivity index (χ3n) is 5.14. The molecule has 1 rings (SSSR count). The Morgan fingerprint density at radius 3 is 1.85 bits per heavy atom. The van der Waals surface area contributed by atoms with Gasteiger partial charge in [-0.25, -0.2) is 4.79 Å². The number of carbonyl (C=O) groups excluding carboxylic acids is 1. The molecule has 1 fully saturated rings. The maximum atomic E-state index is 12.1. The number of carbonyl (C=O) groups is 1. The number of allylic oxidation sites excluding steroid dienone is 1. The largest absolute Gasteiger partial charge is 0.458 e. The molecule has 1 unspecified atom stereocenters. The van der Waals surface area contributed by atoms with E-state index in [9.17, 15) is 4.79 Å². The van der Waals surface area contributed by atoms with Crippen LogP contribution in [0.2, 0.25) is 0 Å². The van der Waals surface area contributed by atoms with Gasteiger partial charge in [-0.3, -0.25) is 0 Å². The zero-order valence-electron chi connectivity index (χ0n) is 18.1. The van der Waals surface area contributed by atoms with Crippen LogP contribution >= 0.6 is 0 Å². The van der Waals surface area contributed by atoms with Gasteiger partial charge in [-0.05, 0) is 12.8 Å². The smallest absolute Gasteiger partial charge is 0.354 e. The van der Waals surface area contributed by atoms with Crippen LogP contribution in [0.3, 0.4) is 0 Å². The van der Waals surface area contributed by atoms with Gasteiger partial charge in [0.05, 0.1) is 6.61 Å². The van der Waals surface area contributed by atoms with Gasteiger partial charge in [0.2, 0.25) is 0 Å². The van der Waals surface area contributed by atoms with E-state index in [0.717, 1.165) is 12.8 Å². The molecular formula is C23H43NO3. The molecule has 1 heterocycles. The zero-order valence-corrected chi connectivity index (χ0v) is 18.1. The predicted molar refractivity (Wildman–Crippen MR) is 113 cm³/mol. The maximum Gasteiger partial charge on any atom is 0.354 e. The number of unbranched alkanes of at least 4 members (excludes halogenated alkanes) is 13. The van der Waals surface area contributed by atoms with Crippen molar-refractivity contribution in [2.45, 2.75) is 103 Å². The summed E-state index contributed by atoms with van der Waals surface area (Å²) in [5, 5.41) is 0. The van der Waals surface area contributed by atoms with Crippen LogP contribution in [0.15, 0.2) is 11.8 Å². The highest BCUT2D eigenvalue weighted by molar-refractivity contribution is 5.87. The number of likely N-dealkylation sites (N-methyl/N-ethyl adjacent to an activating group) is 1. The van der Waals surface area contributed by atoms with Crippen molar-refractivity contribution in [3.63, 3.8) is 0 Å². The van der Waals surface area contributed by atoms with Gasteiger partial charge >= 0.3 is 5.97 Å². The first-order chi connectivity index (χ1) is 13.1. The van der Waals surface area contributed by atoms with Crippen molar-refractivity contribution < 1.29 is 14.3 Å². The molecule has 0 aromatic carbocycles. The minimum absolute atomic E-state index is 0.124. The fourth-order valence-electron chi connectivity index (χ4n) is 3.26. The molecule has 4 heteroatoms. The Morgan fingerprint density at radius 1 is 0.926 bits per heavy atom. The zero-order chi connectivity index (χ0) is 19.7. The van der Waals surface area contributed by atoms with Crippen molar-refractivity contribution in [1.29, 1.82) is 0 Å². The van der Waals surface area contributed by atoms with E-state index in [4.69, 9.17) is 9.47 Å². The number of hydrogen-bond acceptors (Lipinski definition) is 4. The lowest BCUT2D eigenvalue weighted by Gasteiger charge is -2.15. The second-order valence-electron chi connectivity index (χ2n) is 8.07. The van der Waals surface area contributed by atoms with E-state index in [-0.39, 0.29) is 12.1 Å². The molecule has 0 N–H and O–H groups in total. The van der Waals surface area contributed by atoms with Crippen LogP contribution in [0.5, 0.6) is 0 Å². The molecule has 1 atom stereocenters. The normalized spacial score (nSPS) is 16.4. The Kier molecular flexibility index (Phi) is 14.2. The Hall–Kier alpha value is -1.03. The minimum Gasteiger partial charge on any atom is -0.458 e. The molecule has 0 spiro atoms. The summed E-state index contributed by atoms with van der Waals surface area (Å²) in [4.78, 5) is 13.9. The fraction of sp³-hybridized carbons (Fsp3) is 0.870. The second kappa shape index (κ2) is 16.0. The number of esters is 1. The standard InChI is InChI=1S/C23H43NO3/c1-4-5-6-7-8-9-10-11-12-13-14-15-16-17-18-22(24(2)3)23(25)27-20-21-19-26-21/h18,21H,4-17,19-20H2,1-3H3. The van der Waals surface area contributed by atoms with Gasteiger partial charge in [0, 0.05) is 14.1 Å². The Balaban J connectivity index is 1.94. The van der Waals surface area contributed by atoms with Gasteiger partial charge in [-0.1, -0.05) is 90.0 Å². The van der Waals surface area contributed by atoms with Crippen LogP contribution in [0.25, 0.3) is 0 Å². The lowest BCUT2D eigenvalue weighted by atomic mass is 10.0. The van der Waals surface area contributed by atoms with Crippen molar-refractivity contribution in [3.8, 4) is 0 Å². The highest BCUT2D eigenvalue weighted by Crippen LogP contribution is 2.14. The van der Waals surface area contributed by atoms with Crippen molar-refractivity contribution in [1.82, 2.24) is 4.90 Å². The van der Waals surface area contributed by atoms with Crippen molar-refractivity contribution in [2.24, 2.45) is 0 Å². The van der Waals surface area contributed by atoms with E-state index in [0.29, 0.717) is 18.9 Å². The molecule has 0 saturated carbocycles. The average Bonchev–Trinajstić information content (AvgIpc) is 3.47.